The van der Waals surface area contributed by atoms with Crippen molar-refractivity contribution >= 4 is 17.6 Å². The van der Waals surface area contributed by atoms with Crippen molar-refractivity contribution in [2.45, 2.75) is 26.4 Å². The number of hydrogen-bond acceptors (Lipinski definition) is 7. The number of nitrogens with zero attached hydrogens (tertiary/aromatic N) is 4. The largest absolute Gasteiger partial charge is 0.478 e. The lowest BCUT2D eigenvalue weighted by Gasteiger charge is -2.16. The number of rotatable bonds is 9. The maximum atomic E-state index is 14.8. The van der Waals surface area contributed by atoms with Crippen molar-refractivity contribution in [1.82, 2.24) is 19.1 Å². The van der Waals surface area contributed by atoms with Gasteiger partial charge in [-0.3, -0.25) is 4.57 Å². The van der Waals surface area contributed by atoms with E-state index in [1.54, 1.807) is 0 Å². The van der Waals surface area contributed by atoms with Crippen molar-refractivity contribution in [3.05, 3.63) is 105 Å². The van der Waals surface area contributed by atoms with E-state index in [0.29, 0.717) is 12.0 Å². The zero-order chi connectivity index (χ0) is 26.5. The van der Waals surface area contributed by atoms with E-state index in [2.05, 4.69) is 15.3 Å². The summed E-state index contributed by atoms with van der Waals surface area (Å²) in [6.45, 7) is 1.96. The number of nitrogens with one attached hydrogen (secondary N) is 1. The molecule has 10 nitrogen and oxygen atoms in total. The minimum atomic E-state index is -1.16. The van der Waals surface area contributed by atoms with E-state index >= 15 is 0 Å². The number of aromatic carboxylic acids is 1. The van der Waals surface area contributed by atoms with Gasteiger partial charge in [0.25, 0.3) is 0 Å². The number of carboxylic acid groups (broad SMARTS) is 1. The molecule has 12 heteroatoms. The molecule has 2 heterocycles. The molecule has 37 heavy (non-hydrogen) atoms. The van der Waals surface area contributed by atoms with Crippen LogP contribution >= 0.6 is 0 Å². The van der Waals surface area contributed by atoms with Crippen molar-refractivity contribution in [3.63, 3.8) is 0 Å². The zero-order valence-corrected chi connectivity index (χ0v) is 19.5. The Balaban J connectivity index is 1.63. The van der Waals surface area contributed by atoms with Gasteiger partial charge in [0.2, 0.25) is 11.8 Å². The van der Waals surface area contributed by atoms with Gasteiger partial charge in [-0.25, -0.2) is 32.7 Å². The summed E-state index contributed by atoms with van der Waals surface area (Å²) in [4.78, 5) is 44.3. The summed E-state index contributed by atoms with van der Waals surface area (Å²) in [5, 5.41) is 11.7. The van der Waals surface area contributed by atoms with Crippen LogP contribution in [0.2, 0.25) is 0 Å². The first-order valence-electron chi connectivity index (χ1n) is 11.1. The molecule has 0 aliphatic heterocycles. The van der Waals surface area contributed by atoms with Crippen molar-refractivity contribution in [1.29, 1.82) is 0 Å². The van der Waals surface area contributed by atoms with Gasteiger partial charge in [0, 0.05) is 30.6 Å². The molecular weight excluding hydrogens is 488 g/mol. The van der Waals surface area contributed by atoms with Gasteiger partial charge < -0.3 is 15.2 Å². The number of hydrogen-bond donors (Lipinski definition) is 2. The molecule has 0 saturated carbocycles. The number of pyridine rings is 1. The molecule has 0 unspecified atom stereocenters. The molecule has 2 aromatic carbocycles. The molecule has 0 aliphatic carbocycles. The van der Waals surface area contributed by atoms with Gasteiger partial charge in [-0.15, -0.1) is 0 Å². The van der Waals surface area contributed by atoms with E-state index in [0.717, 1.165) is 16.8 Å². The number of halogens is 2. The van der Waals surface area contributed by atoms with E-state index in [4.69, 9.17) is 9.84 Å². The third-order valence-corrected chi connectivity index (χ3v) is 5.24. The van der Waals surface area contributed by atoms with E-state index in [9.17, 15) is 23.2 Å². The standard InChI is InChI=1S/C25H21F2N5O5/c1-2-11-31-24(35)30-23(32(25(31)36)14-15-3-6-17(26)7-4-15)29-18-8-9-20(19(27)12-18)37-21-10-5-16(13-28-21)22(33)34/h3-10,12-13H,2,11,14H2,1H3,(H,33,34)(H,29,30,35). The highest BCUT2D eigenvalue weighted by Gasteiger charge is 2.15. The highest BCUT2D eigenvalue weighted by Crippen LogP contribution is 2.27. The van der Waals surface area contributed by atoms with Crippen molar-refractivity contribution in [3.8, 4) is 11.6 Å². The average molecular weight is 509 g/mol. The second-order valence-electron chi connectivity index (χ2n) is 7.93. The van der Waals surface area contributed by atoms with Gasteiger partial charge in [-0.2, -0.15) is 4.98 Å². The molecule has 4 aromatic rings. The first-order valence-corrected chi connectivity index (χ1v) is 11.1. The number of carboxylic acids is 1. The van der Waals surface area contributed by atoms with Crippen LogP contribution in [0, 0.1) is 11.6 Å². The van der Waals surface area contributed by atoms with Gasteiger partial charge in [-0.1, -0.05) is 19.1 Å². The number of anilines is 2. The fourth-order valence-electron chi connectivity index (χ4n) is 3.42. The van der Waals surface area contributed by atoms with Crippen LogP contribution in [0.3, 0.4) is 0 Å². The van der Waals surface area contributed by atoms with Crippen molar-refractivity contribution in [2.24, 2.45) is 0 Å². The number of ether oxygens (including phenoxy) is 1. The fraction of sp³-hybridized carbons (Fsp3) is 0.160. The lowest BCUT2D eigenvalue weighted by Crippen LogP contribution is -2.42. The second kappa shape index (κ2) is 10.8. The number of benzene rings is 2. The summed E-state index contributed by atoms with van der Waals surface area (Å²) in [6, 6.07) is 11.9. The van der Waals surface area contributed by atoms with Crippen LogP contribution in [0.1, 0.15) is 29.3 Å². The third-order valence-electron chi connectivity index (χ3n) is 5.24. The maximum absolute atomic E-state index is 14.8. The number of aromatic nitrogens is 4. The Bertz CT molecular complexity index is 1550. The van der Waals surface area contributed by atoms with Crippen molar-refractivity contribution in [2.75, 3.05) is 5.32 Å². The molecule has 0 saturated heterocycles. The Labute approximate surface area is 208 Å². The smallest absolute Gasteiger partial charge is 0.354 e. The van der Waals surface area contributed by atoms with Gasteiger partial charge in [-0.05, 0) is 42.3 Å². The Hall–Kier alpha value is -4.87. The molecule has 4 rings (SSSR count). The minimum Gasteiger partial charge on any atom is -0.478 e. The highest BCUT2D eigenvalue weighted by atomic mass is 19.1. The van der Waals surface area contributed by atoms with Gasteiger partial charge in [0.05, 0.1) is 12.1 Å². The van der Waals surface area contributed by atoms with Crippen LogP contribution in [0.5, 0.6) is 11.6 Å². The monoisotopic (exact) mass is 509 g/mol. The van der Waals surface area contributed by atoms with E-state index in [1.807, 2.05) is 6.92 Å². The predicted octanol–water partition coefficient (Wildman–Crippen LogP) is 3.77. The molecule has 0 atom stereocenters. The minimum absolute atomic E-state index is 0.0138. The first-order chi connectivity index (χ1) is 17.7. The fourth-order valence-corrected chi connectivity index (χ4v) is 3.42. The summed E-state index contributed by atoms with van der Waals surface area (Å²) in [5.74, 6) is -2.70. The Morgan fingerprint density at radius 1 is 1.05 bits per heavy atom. The SMILES string of the molecule is CCCn1c(=O)nc(Nc2ccc(Oc3ccc(C(=O)O)cn3)c(F)c2)n(Cc2ccc(F)cc2)c1=O. The summed E-state index contributed by atoms with van der Waals surface area (Å²) in [5.41, 5.74) is -0.670. The molecule has 0 spiro atoms. The van der Waals surface area contributed by atoms with Crippen LogP contribution < -0.4 is 21.4 Å². The first kappa shape index (κ1) is 25.2. The molecule has 190 valence electrons. The summed E-state index contributed by atoms with van der Waals surface area (Å²) >= 11 is 0. The highest BCUT2D eigenvalue weighted by molar-refractivity contribution is 5.87. The molecule has 0 aliphatic rings. The van der Waals surface area contributed by atoms with Crippen LogP contribution in [0.15, 0.2) is 70.4 Å². The molecule has 0 bridgehead atoms. The van der Waals surface area contributed by atoms with E-state index in [1.165, 1.54) is 53.1 Å². The quantitative estimate of drug-likeness (QED) is 0.349. The van der Waals surface area contributed by atoms with Crippen LogP contribution in [0.25, 0.3) is 0 Å². The predicted molar refractivity (Wildman–Crippen MR) is 130 cm³/mol. The van der Waals surface area contributed by atoms with E-state index < -0.39 is 29.0 Å². The van der Waals surface area contributed by atoms with Crippen LogP contribution in [-0.2, 0) is 13.1 Å². The van der Waals surface area contributed by atoms with E-state index in [-0.39, 0.29) is 41.9 Å². The topological polar surface area (TPSA) is 128 Å². The molecule has 2 N–H and O–H groups in total. The van der Waals surface area contributed by atoms with Crippen LogP contribution in [0.4, 0.5) is 20.4 Å². The maximum Gasteiger partial charge on any atom is 0.354 e. The van der Waals surface area contributed by atoms with Gasteiger partial charge >= 0.3 is 17.3 Å². The summed E-state index contributed by atoms with van der Waals surface area (Å²) in [7, 11) is 0. The Morgan fingerprint density at radius 3 is 2.43 bits per heavy atom. The lowest BCUT2D eigenvalue weighted by molar-refractivity contribution is 0.0696. The molecule has 0 fully saturated rings. The van der Waals surface area contributed by atoms with Gasteiger partial charge in [0.1, 0.15) is 5.82 Å². The molecule has 0 amide bonds. The normalized spacial score (nSPS) is 10.8. The summed E-state index contributed by atoms with van der Waals surface area (Å²) < 4.78 is 35.7. The Kier molecular flexibility index (Phi) is 7.37. The lowest BCUT2D eigenvalue weighted by atomic mass is 10.2. The second-order valence-corrected chi connectivity index (χ2v) is 7.93. The zero-order valence-electron chi connectivity index (χ0n) is 19.5. The molecular formula is C25H21F2N5O5. The molecule has 2 aromatic heterocycles. The summed E-state index contributed by atoms with van der Waals surface area (Å²) in [6.07, 6.45) is 1.61. The number of carbonyl (C=O) groups is 1. The average Bonchev–Trinajstić information content (AvgIpc) is 2.87. The molecule has 0 radical (unpaired) electrons. The van der Waals surface area contributed by atoms with Crippen LogP contribution in [-0.4, -0.2) is 30.2 Å². The van der Waals surface area contributed by atoms with Crippen molar-refractivity contribution < 1.29 is 23.4 Å². The third kappa shape index (κ3) is 5.86. The van der Waals surface area contributed by atoms with Gasteiger partial charge in [0.15, 0.2) is 11.6 Å². The Morgan fingerprint density at radius 2 is 1.81 bits per heavy atom.